The molecule has 0 bridgehead atoms. The van der Waals surface area contributed by atoms with Crippen LogP contribution in [0.1, 0.15) is 26.3 Å². The Labute approximate surface area is 136 Å². The van der Waals surface area contributed by atoms with E-state index in [1.165, 1.54) is 16.9 Å². The topological polar surface area (TPSA) is 15.3 Å². The zero-order chi connectivity index (χ0) is 15.5. The molecule has 0 aromatic heterocycles. The van der Waals surface area contributed by atoms with Crippen LogP contribution in [-0.4, -0.2) is 12.6 Å². The van der Waals surface area contributed by atoms with Gasteiger partial charge >= 0.3 is 0 Å². The fraction of sp³-hybridized carbons (Fsp3) is 0.333. The molecule has 0 atom stereocenters. The fourth-order valence-corrected chi connectivity index (χ4v) is 2.56. The van der Waals surface area contributed by atoms with Crippen molar-refractivity contribution in [1.29, 1.82) is 0 Å². The van der Waals surface area contributed by atoms with Gasteiger partial charge in [0.1, 0.15) is 0 Å². The van der Waals surface area contributed by atoms with Gasteiger partial charge in [-0.25, -0.2) is 0 Å². The molecule has 0 saturated heterocycles. The van der Waals surface area contributed by atoms with E-state index < -0.39 is 0 Å². The lowest BCUT2D eigenvalue weighted by atomic mass is 10.1. The van der Waals surface area contributed by atoms with Crippen molar-refractivity contribution >= 4 is 27.3 Å². The SMILES string of the molecule is CN(c1ccccc1)c1ccc(CNC(C)(C)C)c(Br)c1. The summed E-state index contributed by atoms with van der Waals surface area (Å²) in [5, 5.41) is 3.52. The summed E-state index contributed by atoms with van der Waals surface area (Å²) in [5.74, 6) is 0. The smallest absolute Gasteiger partial charge is 0.0419 e. The van der Waals surface area contributed by atoms with E-state index in [-0.39, 0.29) is 5.54 Å². The van der Waals surface area contributed by atoms with Gasteiger partial charge in [0.2, 0.25) is 0 Å². The maximum absolute atomic E-state index is 3.69. The summed E-state index contributed by atoms with van der Waals surface area (Å²) < 4.78 is 1.14. The Balaban J connectivity index is 2.15. The molecule has 2 rings (SSSR count). The molecule has 0 aliphatic rings. The standard InChI is InChI=1S/C18H23BrN2/c1-18(2,3)20-13-14-10-11-16(12-17(14)19)21(4)15-8-6-5-7-9-15/h5-12,20H,13H2,1-4H3. The van der Waals surface area contributed by atoms with Gasteiger partial charge in [0.15, 0.2) is 0 Å². The Morgan fingerprint density at radius 1 is 1.00 bits per heavy atom. The lowest BCUT2D eigenvalue weighted by Gasteiger charge is -2.23. The highest BCUT2D eigenvalue weighted by Crippen LogP contribution is 2.28. The third-order valence-corrected chi connectivity index (χ3v) is 4.11. The number of halogens is 1. The summed E-state index contributed by atoms with van der Waals surface area (Å²) in [6, 6.07) is 16.9. The Morgan fingerprint density at radius 3 is 2.24 bits per heavy atom. The number of hydrogen-bond acceptors (Lipinski definition) is 2. The van der Waals surface area contributed by atoms with Crippen LogP contribution in [-0.2, 0) is 6.54 Å². The van der Waals surface area contributed by atoms with Crippen LogP contribution in [0.25, 0.3) is 0 Å². The molecule has 2 aromatic carbocycles. The minimum absolute atomic E-state index is 0.124. The lowest BCUT2D eigenvalue weighted by Crippen LogP contribution is -2.35. The normalized spacial score (nSPS) is 11.5. The summed E-state index contributed by atoms with van der Waals surface area (Å²) in [4.78, 5) is 2.19. The predicted molar refractivity (Wildman–Crippen MR) is 95.2 cm³/mol. The molecule has 0 aliphatic heterocycles. The average Bonchev–Trinajstić information content (AvgIpc) is 2.45. The highest BCUT2D eigenvalue weighted by molar-refractivity contribution is 9.10. The van der Waals surface area contributed by atoms with Gasteiger partial charge < -0.3 is 10.2 Å². The van der Waals surface area contributed by atoms with Gasteiger partial charge in [-0.05, 0) is 50.6 Å². The molecule has 112 valence electrons. The van der Waals surface area contributed by atoms with Gasteiger partial charge in [0.05, 0.1) is 0 Å². The largest absolute Gasteiger partial charge is 0.345 e. The van der Waals surface area contributed by atoms with E-state index in [0.717, 1.165) is 11.0 Å². The molecular formula is C18H23BrN2. The molecular weight excluding hydrogens is 324 g/mol. The molecule has 0 fully saturated rings. The third kappa shape index (κ3) is 4.58. The molecule has 0 spiro atoms. The quantitative estimate of drug-likeness (QED) is 0.827. The van der Waals surface area contributed by atoms with Gasteiger partial charge in [-0.2, -0.15) is 0 Å². The van der Waals surface area contributed by atoms with E-state index in [9.17, 15) is 0 Å². The zero-order valence-corrected chi connectivity index (χ0v) is 14.7. The summed E-state index contributed by atoms with van der Waals surface area (Å²) >= 11 is 3.69. The number of nitrogens with one attached hydrogen (secondary N) is 1. The first-order chi connectivity index (χ1) is 9.87. The van der Waals surface area contributed by atoms with Crippen LogP contribution in [0.2, 0.25) is 0 Å². The van der Waals surface area contributed by atoms with E-state index in [0.29, 0.717) is 0 Å². The Hall–Kier alpha value is -1.32. The van der Waals surface area contributed by atoms with Crippen molar-refractivity contribution in [1.82, 2.24) is 5.32 Å². The van der Waals surface area contributed by atoms with Crippen molar-refractivity contribution in [3.05, 3.63) is 58.6 Å². The number of para-hydroxylation sites is 1. The van der Waals surface area contributed by atoms with Crippen molar-refractivity contribution in [3.63, 3.8) is 0 Å². The third-order valence-electron chi connectivity index (χ3n) is 3.38. The maximum Gasteiger partial charge on any atom is 0.0419 e. The second-order valence-electron chi connectivity index (χ2n) is 6.27. The highest BCUT2D eigenvalue weighted by atomic mass is 79.9. The van der Waals surface area contributed by atoms with Crippen LogP contribution in [0.15, 0.2) is 53.0 Å². The van der Waals surface area contributed by atoms with Crippen LogP contribution >= 0.6 is 15.9 Å². The van der Waals surface area contributed by atoms with Crippen molar-refractivity contribution in [3.8, 4) is 0 Å². The molecule has 0 unspecified atom stereocenters. The van der Waals surface area contributed by atoms with Crippen LogP contribution in [0.5, 0.6) is 0 Å². The number of hydrogen-bond donors (Lipinski definition) is 1. The minimum atomic E-state index is 0.124. The molecule has 0 saturated carbocycles. The maximum atomic E-state index is 3.69. The number of benzene rings is 2. The van der Waals surface area contributed by atoms with E-state index in [4.69, 9.17) is 0 Å². The summed E-state index contributed by atoms with van der Waals surface area (Å²) in [5.41, 5.74) is 3.76. The van der Waals surface area contributed by atoms with E-state index >= 15 is 0 Å². The number of anilines is 2. The van der Waals surface area contributed by atoms with Gasteiger partial charge in [-0.1, -0.05) is 40.2 Å². The van der Waals surface area contributed by atoms with Crippen LogP contribution in [0, 0.1) is 0 Å². The number of rotatable bonds is 4. The first-order valence-electron chi connectivity index (χ1n) is 7.19. The average molecular weight is 347 g/mol. The minimum Gasteiger partial charge on any atom is -0.345 e. The molecule has 0 amide bonds. The molecule has 3 heteroatoms. The predicted octanol–water partition coefficient (Wildman–Crippen LogP) is 5.11. The summed E-state index contributed by atoms with van der Waals surface area (Å²) in [7, 11) is 2.09. The van der Waals surface area contributed by atoms with Gasteiger partial charge in [-0.15, -0.1) is 0 Å². The molecule has 1 N–H and O–H groups in total. The van der Waals surface area contributed by atoms with Gasteiger partial charge in [0.25, 0.3) is 0 Å². The van der Waals surface area contributed by atoms with E-state index in [1.807, 2.05) is 6.07 Å². The first kappa shape index (κ1) is 16.1. The van der Waals surface area contributed by atoms with Crippen molar-refractivity contribution < 1.29 is 0 Å². The monoisotopic (exact) mass is 346 g/mol. The van der Waals surface area contributed by atoms with Crippen LogP contribution in [0.4, 0.5) is 11.4 Å². The molecule has 2 nitrogen and oxygen atoms in total. The van der Waals surface area contributed by atoms with Crippen molar-refractivity contribution in [2.75, 3.05) is 11.9 Å². The Bertz CT molecular complexity index is 588. The van der Waals surface area contributed by atoms with Crippen molar-refractivity contribution in [2.45, 2.75) is 32.9 Å². The fourth-order valence-electron chi connectivity index (χ4n) is 2.05. The Morgan fingerprint density at radius 2 is 1.67 bits per heavy atom. The lowest BCUT2D eigenvalue weighted by molar-refractivity contribution is 0.424. The van der Waals surface area contributed by atoms with Gasteiger partial charge in [-0.3, -0.25) is 0 Å². The van der Waals surface area contributed by atoms with E-state index in [1.54, 1.807) is 0 Å². The van der Waals surface area contributed by atoms with Crippen molar-refractivity contribution in [2.24, 2.45) is 0 Å². The number of nitrogens with zero attached hydrogens (tertiary/aromatic N) is 1. The second-order valence-corrected chi connectivity index (χ2v) is 7.13. The first-order valence-corrected chi connectivity index (χ1v) is 7.98. The highest BCUT2D eigenvalue weighted by Gasteiger charge is 2.11. The zero-order valence-electron chi connectivity index (χ0n) is 13.2. The van der Waals surface area contributed by atoms with Crippen LogP contribution in [0.3, 0.4) is 0 Å². The molecule has 0 aliphatic carbocycles. The molecule has 0 heterocycles. The second kappa shape index (κ2) is 6.63. The summed E-state index contributed by atoms with van der Waals surface area (Å²) in [6.45, 7) is 7.40. The summed E-state index contributed by atoms with van der Waals surface area (Å²) in [6.07, 6.45) is 0. The van der Waals surface area contributed by atoms with Gasteiger partial charge in [0, 0.05) is 35.0 Å². The molecule has 0 radical (unpaired) electrons. The molecule has 2 aromatic rings. The Kier molecular flexibility index (Phi) is 5.07. The van der Waals surface area contributed by atoms with E-state index in [2.05, 4.69) is 96.4 Å². The molecule has 21 heavy (non-hydrogen) atoms. The van der Waals surface area contributed by atoms with Crippen LogP contribution < -0.4 is 10.2 Å².